The number of aryl methyl sites for hydroxylation is 1. The third-order valence-corrected chi connectivity index (χ3v) is 5.41. The van der Waals surface area contributed by atoms with Crippen molar-refractivity contribution < 1.29 is 19.0 Å². The van der Waals surface area contributed by atoms with Gasteiger partial charge in [0.25, 0.3) is 0 Å². The van der Waals surface area contributed by atoms with Crippen molar-refractivity contribution in [1.29, 1.82) is 0 Å². The number of methoxy groups -OCH3 is 1. The molecule has 25 heavy (non-hydrogen) atoms. The molecule has 1 aliphatic carbocycles. The first kappa shape index (κ1) is 16.5. The predicted octanol–water partition coefficient (Wildman–Crippen LogP) is 4.55. The van der Waals surface area contributed by atoms with Gasteiger partial charge in [-0.05, 0) is 42.2 Å². The number of hydrogen-bond donors (Lipinski definition) is 0. The zero-order valence-corrected chi connectivity index (χ0v) is 15.5. The molecule has 5 heteroatoms. The van der Waals surface area contributed by atoms with E-state index >= 15 is 0 Å². The number of halogens is 1. The summed E-state index contributed by atoms with van der Waals surface area (Å²) in [7, 11) is 1.41. The van der Waals surface area contributed by atoms with E-state index in [0.717, 1.165) is 34.4 Å². The van der Waals surface area contributed by atoms with Gasteiger partial charge >= 0.3 is 5.97 Å². The average molecular weight is 403 g/mol. The lowest BCUT2D eigenvalue weighted by Crippen LogP contribution is -2.09. The fourth-order valence-electron chi connectivity index (χ4n) is 3.61. The smallest absolute Gasteiger partial charge is 0.306 e. The minimum atomic E-state index is -0.213. The van der Waals surface area contributed by atoms with E-state index in [9.17, 15) is 4.79 Å². The molecule has 4 rings (SSSR count). The van der Waals surface area contributed by atoms with Gasteiger partial charge in [0.05, 0.1) is 20.1 Å². The van der Waals surface area contributed by atoms with Crippen LogP contribution in [0.1, 0.15) is 41.6 Å². The molecule has 0 saturated carbocycles. The Balaban J connectivity index is 1.51. The molecule has 0 aromatic heterocycles. The number of fused-ring (bicyclic) bond motifs is 2. The molecule has 0 N–H and O–H groups in total. The normalized spacial score (nSPS) is 20.6. The molecule has 1 unspecified atom stereocenters. The molecule has 0 saturated heterocycles. The third kappa shape index (κ3) is 3.25. The Morgan fingerprint density at radius 1 is 1.24 bits per heavy atom. The van der Waals surface area contributed by atoms with Crippen molar-refractivity contribution >= 4 is 21.9 Å². The van der Waals surface area contributed by atoms with Crippen LogP contribution in [0.4, 0.5) is 0 Å². The second kappa shape index (κ2) is 6.71. The van der Waals surface area contributed by atoms with Crippen molar-refractivity contribution in [3.05, 3.63) is 57.6 Å². The van der Waals surface area contributed by atoms with Gasteiger partial charge in [-0.3, -0.25) is 4.79 Å². The number of carbonyl (C=O) groups excluding carboxylic acids is 1. The highest BCUT2D eigenvalue weighted by Crippen LogP contribution is 2.41. The highest BCUT2D eigenvalue weighted by molar-refractivity contribution is 9.10. The Hall–Kier alpha value is -2.01. The zero-order chi connectivity index (χ0) is 17.4. The quantitative estimate of drug-likeness (QED) is 0.703. The van der Waals surface area contributed by atoms with E-state index in [-0.39, 0.29) is 18.0 Å². The van der Waals surface area contributed by atoms with E-state index in [1.54, 1.807) is 0 Å². The Kier molecular flexibility index (Phi) is 4.42. The van der Waals surface area contributed by atoms with Crippen molar-refractivity contribution in [1.82, 2.24) is 0 Å². The van der Waals surface area contributed by atoms with Gasteiger partial charge in [-0.15, -0.1) is 0 Å². The molecule has 0 fully saturated rings. The van der Waals surface area contributed by atoms with Crippen LogP contribution in [-0.2, 0) is 16.0 Å². The van der Waals surface area contributed by atoms with Gasteiger partial charge in [0.15, 0.2) is 0 Å². The van der Waals surface area contributed by atoms with Crippen LogP contribution in [0.2, 0.25) is 0 Å². The van der Waals surface area contributed by atoms with Crippen LogP contribution in [0.3, 0.4) is 0 Å². The first-order valence-corrected chi connectivity index (χ1v) is 9.22. The molecule has 130 valence electrons. The number of hydrogen-bond acceptors (Lipinski definition) is 4. The fraction of sp³-hybridized carbons (Fsp3) is 0.350. The molecule has 2 aliphatic rings. The lowest BCUT2D eigenvalue weighted by atomic mass is 9.98. The van der Waals surface area contributed by atoms with Gasteiger partial charge in [0.1, 0.15) is 17.6 Å². The van der Waals surface area contributed by atoms with Gasteiger partial charge in [0, 0.05) is 22.0 Å². The summed E-state index contributed by atoms with van der Waals surface area (Å²) in [5.74, 6) is 1.45. The van der Waals surface area contributed by atoms with E-state index in [2.05, 4.69) is 34.1 Å². The fourth-order valence-corrected chi connectivity index (χ4v) is 3.98. The Labute approximate surface area is 155 Å². The molecule has 0 bridgehead atoms. The van der Waals surface area contributed by atoms with Crippen molar-refractivity contribution in [3.63, 3.8) is 0 Å². The predicted molar refractivity (Wildman–Crippen MR) is 97.1 cm³/mol. The second-order valence-electron chi connectivity index (χ2n) is 6.48. The maximum atomic E-state index is 11.5. The van der Waals surface area contributed by atoms with Crippen molar-refractivity contribution in [3.8, 4) is 11.5 Å². The summed E-state index contributed by atoms with van der Waals surface area (Å²) in [6.45, 7) is 0.507. The highest BCUT2D eigenvalue weighted by atomic mass is 79.9. The monoisotopic (exact) mass is 402 g/mol. The van der Waals surface area contributed by atoms with Crippen LogP contribution in [0, 0.1) is 0 Å². The maximum Gasteiger partial charge on any atom is 0.306 e. The third-order valence-electron chi connectivity index (χ3n) is 4.91. The first-order valence-electron chi connectivity index (χ1n) is 8.42. The molecular formula is C20H19BrO4. The van der Waals surface area contributed by atoms with E-state index in [4.69, 9.17) is 14.2 Å². The van der Waals surface area contributed by atoms with E-state index < -0.39 is 0 Å². The molecule has 0 amide bonds. The number of esters is 1. The van der Waals surface area contributed by atoms with Crippen molar-refractivity contribution in [2.45, 2.75) is 31.3 Å². The minimum Gasteiger partial charge on any atom is -0.492 e. The lowest BCUT2D eigenvalue weighted by Gasteiger charge is -2.16. The lowest BCUT2D eigenvalue weighted by molar-refractivity contribution is -0.141. The van der Waals surface area contributed by atoms with Crippen LogP contribution in [0.5, 0.6) is 11.5 Å². The maximum absolute atomic E-state index is 11.5. The van der Waals surface area contributed by atoms with Crippen molar-refractivity contribution in [2.75, 3.05) is 13.7 Å². The van der Waals surface area contributed by atoms with Gasteiger partial charge in [-0.25, -0.2) is 0 Å². The second-order valence-corrected chi connectivity index (χ2v) is 7.39. The summed E-state index contributed by atoms with van der Waals surface area (Å²) < 4.78 is 17.8. The summed E-state index contributed by atoms with van der Waals surface area (Å²) in [4.78, 5) is 11.5. The Bertz CT molecular complexity index is 817. The van der Waals surface area contributed by atoms with E-state index in [1.807, 2.05) is 18.2 Å². The van der Waals surface area contributed by atoms with E-state index in [1.165, 1.54) is 18.2 Å². The van der Waals surface area contributed by atoms with Crippen molar-refractivity contribution in [2.24, 2.45) is 0 Å². The largest absolute Gasteiger partial charge is 0.492 e. The number of ether oxygens (including phenoxy) is 3. The van der Waals surface area contributed by atoms with Gasteiger partial charge in [-0.1, -0.05) is 28.1 Å². The number of carbonyl (C=O) groups is 1. The molecule has 2 atom stereocenters. The summed E-state index contributed by atoms with van der Waals surface area (Å²) >= 11 is 3.54. The van der Waals surface area contributed by atoms with Crippen LogP contribution >= 0.6 is 15.9 Å². The molecule has 1 heterocycles. The molecule has 1 aliphatic heterocycles. The molecule has 0 spiro atoms. The first-order chi connectivity index (χ1) is 12.1. The summed E-state index contributed by atoms with van der Waals surface area (Å²) in [5, 5.41) is 0. The molecule has 4 nitrogen and oxygen atoms in total. The SMILES string of the molecule is COC(=O)C[C@@H]1COc2cc(OC3CCc4ccc(Br)cc43)ccc21. The highest BCUT2D eigenvalue weighted by Gasteiger charge is 2.28. The Morgan fingerprint density at radius 3 is 2.96 bits per heavy atom. The Morgan fingerprint density at radius 2 is 2.12 bits per heavy atom. The number of benzene rings is 2. The minimum absolute atomic E-state index is 0.0552. The summed E-state index contributed by atoms with van der Waals surface area (Å²) in [6.07, 6.45) is 2.43. The topological polar surface area (TPSA) is 44.8 Å². The molecular weight excluding hydrogens is 384 g/mol. The molecule has 0 radical (unpaired) electrons. The van der Waals surface area contributed by atoms with Gasteiger partial charge < -0.3 is 14.2 Å². The van der Waals surface area contributed by atoms with Crippen LogP contribution in [0.25, 0.3) is 0 Å². The zero-order valence-electron chi connectivity index (χ0n) is 14.0. The van der Waals surface area contributed by atoms with Crippen LogP contribution < -0.4 is 9.47 Å². The molecule has 2 aromatic carbocycles. The summed E-state index contributed by atoms with van der Waals surface area (Å²) in [5.41, 5.74) is 3.65. The standard InChI is InChI=1S/C20H19BrO4/c1-23-20(22)8-13-11-24-19-10-15(5-6-16(13)19)25-18-7-3-12-2-4-14(21)9-17(12)18/h2,4-6,9-10,13,18H,3,7-8,11H2,1H3/t13-,18?/m1/s1. The average Bonchev–Trinajstić information content (AvgIpc) is 3.19. The van der Waals surface area contributed by atoms with Crippen LogP contribution in [0.15, 0.2) is 40.9 Å². The number of rotatable bonds is 4. The van der Waals surface area contributed by atoms with Gasteiger partial charge in [-0.2, -0.15) is 0 Å². The summed E-state index contributed by atoms with van der Waals surface area (Å²) in [6, 6.07) is 12.3. The van der Waals surface area contributed by atoms with Crippen LogP contribution in [-0.4, -0.2) is 19.7 Å². The van der Waals surface area contributed by atoms with E-state index in [0.29, 0.717) is 13.0 Å². The van der Waals surface area contributed by atoms with Gasteiger partial charge in [0.2, 0.25) is 0 Å². The molecule has 2 aromatic rings.